The Morgan fingerprint density at radius 2 is 1.85 bits per heavy atom. The molecular formula is C18H27ClN2O5S. The van der Waals surface area contributed by atoms with Crippen molar-refractivity contribution in [1.29, 1.82) is 0 Å². The van der Waals surface area contributed by atoms with Gasteiger partial charge in [0.2, 0.25) is 10.0 Å². The fourth-order valence-corrected chi connectivity index (χ4v) is 3.74. The number of carbonyl (C=O) groups is 2. The number of benzene rings is 1. The van der Waals surface area contributed by atoms with E-state index in [1.54, 1.807) is 19.9 Å². The summed E-state index contributed by atoms with van der Waals surface area (Å²) in [4.78, 5) is 24.0. The van der Waals surface area contributed by atoms with Crippen LogP contribution in [0.5, 0.6) is 0 Å². The maximum atomic E-state index is 12.5. The molecule has 152 valence electrons. The number of rotatable bonds is 10. The Kier molecular flexibility index (Phi) is 9.21. The molecule has 0 bridgehead atoms. The zero-order valence-corrected chi connectivity index (χ0v) is 17.6. The summed E-state index contributed by atoms with van der Waals surface area (Å²) in [7, 11) is -3.97. The quantitative estimate of drug-likeness (QED) is 0.568. The smallest absolute Gasteiger partial charge is 0.324 e. The van der Waals surface area contributed by atoms with Crippen LogP contribution >= 0.6 is 11.6 Å². The molecule has 0 aliphatic heterocycles. The fourth-order valence-electron chi connectivity index (χ4n) is 2.10. The number of amides is 1. The second kappa shape index (κ2) is 10.6. The van der Waals surface area contributed by atoms with Gasteiger partial charge in [-0.2, -0.15) is 4.72 Å². The first kappa shape index (κ1) is 23.4. The van der Waals surface area contributed by atoms with E-state index in [1.165, 1.54) is 18.2 Å². The molecule has 27 heavy (non-hydrogen) atoms. The molecule has 1 aromatic carbocycles. The lowest BCUT2D eigenvalue weighted by Gasteiger charge is -2.20. The minimum atomic E-state index is -3.97. The highest BCUT2D eigenvalue weighted by molar-refractivity contribution is 7.89. The molecule has 1 aromatic rings. The number of halogens is 1. The fraction of sp³-hybridized carbons (Fsp3) is 0.556. The minimum Gasteiger partial charge on any atom is -0.454 e. The predicted molar refractivity (Wildman–Crippen MR) is 104 cm³/mol. The highest BCUT2D eigenvalue weighted by atomic mass is 35.5. The Bertz CT molecular complexity index is 750. The van der Waals surface area contributed by atoms with Gasteiger partial charge in [0.15, 0.2) is 6.61 Å². The van der Waals surface area contributed by atoms with Crippen molar-refractivity contribution in [2.75, 3.05) is 13.2 Å². The van der Waals surface area contributed by atoms with Gasteiger partial charge in [-0.25, -0.2) is 8.42 Å². The summed E-state index contributed by atoms with van der Waals surface area (Å²) >= 11 is 5.83. The third-order valence-corrected chi connectivity index (χ3v) is 5.37. The molecule has 0 heterocycles. The lowest BCUT2D eigenvalue weighted by molar-refractivity contribution is -0.151. The molecule has 2 N–H and O–H groups in total. The standard InChI is InChI=1S/C18H27ClN2O5S/c1-12(2)8-9-20-16(22)11-26-18(23)17(13(3)4)21-27(24,25)15-7-5-6-14(19)10-15/h5-7,10,12-13,17,21H,8-9,11H2,1-4H3,(H,20,22)/t17-/m0/s1. The lowest BCUT2D eigenvalue weighted by Crippen LogP contribution is -2.46. The average Bonchev–Trinajstić information content (AvgIpc) is 2.57. The monoisotopic (exact) mass is 418 g/mol. The van der Waals surface area contributed by atoms with Crippen molar-refractivity contribution >= 4 is 33.5 Å². The van der Waals surface area contributed by atoms with Crippen molar-refractivity contribution in [2.24, 2.45) is 11.8 Å². The van der Waals surface area contributed by atoms with Gasteiger partial charge in [-0.1, -0.05) is 45.4 Å². The molecule has 0 aliphatic carbocycles. The van der Waals surface area contributed by atoms with Gasteiger partial charge in [-0.05, 0) is 36.5 Å². The van der Waals surface area contributed by atoms with Gasteiger partial charge in [0.25, 0.3) is 5.91 Å². The van der Waals surface area contributed by atoms with Gasteiger partial charge in [-0.3, -0.25) is 9.59 Å². The normalized spacial score (nSPS) is 12.9. The Hall–Kier alpha value is -1.64. The molecule has 1 amide bonds. The first-order chi connectivity index (χ1) is 12.5. The van der Waals surface area contributed by atoms with Gasteiger partial charge in [0.05, 0.1) is 4.90 Å². The van der Waals surface area contributed by atoms with Crippen molar-refractivity contribution in [3.05, 3.63) is 29.3 Å². The van der Waals surface area contributed by atoms with Crippen LogP contribution in [-0.4, -0.2) is 39.5 Å². The first-order valence-corrected chi connectivity index (χ1v) is 10.6. The zero-order chi connectivity index (χ0) is 20.6. The molecule has 0 spiro atoms. The summed E-state index contributed by atoms with van der Waals surface area (Å²) in [6.45, 7) is 7.45. The third kappa shape index (κ3) is 8.28. The molecule has 0 aromatic heterocycles. The van der Waals surface area contributed by atoms with Crippen LogP contribution in [0.3, 0.4) is 0 Å². The van der Waals surface area contributed by atoms with Crippen LogP contribution in [0, 0.1) is 11.8 Å². The molecule has 0 fully saturated rings. The van der Waals surface area contributed by atoms with Crippen LogP contribution in [0.15, 0.2) is 29.2 Å². The number of ether oxygens (including phenoxy) is 1. The molecule has 0 saturated carbocycles. The summed E-state index contributed by atoms with van der Waals surface area (Å²) < 4.78 is 32.3. The number of hydrogen-bond donors (Lipinski definition) is 2. The van der Waals surface area contributed by atoms with Gasteiger partial charge < -0.3 is 10.1 Å². The summed E-state index contributed by atoms with van der Waals surface area (Å²) in [6.07, 6.45) is 0.813. The van der Waals surface area contributed by atoms with Crippen LogP contribution < -0.4 is 10.0 Å². The Morgan fingerprint density at radius 3 is 2.41 bits per heavy atom. The predicted octanol–water partition coefficient (Wildman–Crippen LogP) is 2.35. The van der Waals surface area contributed by atoms with E-state index >= 15 is 0 Å². The number of nitrogens with one attached hydrogen (secondary N) is 2. The van der Waals surface area contributed by atoms with E-state index in [2.05, 4.69) is 10.0 Å². The number of sulfonamides is 1. The van der Waals surface area contributed by atoms with Crippen molar-refractivity contribution in [3.63, 3.8) is 0 Å². The largest absolute Gasteiger partial charge is 0.454 e. The number of esters is 1. The van der Waals surface area contributed by atoms with E-state index in [9.17, 15) is 18.0 Å². The Morgan fingerprint density at radius 1 is 1.19 bits per heavy atom. The summed E-state index contributed by atoms with van der Waals surface area (Å²) in [5.74, 6) is -1.17. The van der Waals surface area contributed by atoms with Gasteiger partial charge in [0.1, 0.15) is 6.04 Å². The Labute approximate surface area is 165 Å². The number of carbonyl (C=O) groups excluding carboxylic acids is 2. The first-order valence-electron chi connectivity index (χ1n) is 8.74. The molecule has 7 nitrogen and oxygen atoms in total. The van der Waals surface area contributed by atoms with Crippen molar-refractivity contribution in [3.8, 4) is 0 Å². The summed E-state index contributed by atoms with van der Waals surface area (Å²) in [5.41, 5.74) is 0. The summed E-state index contributed by atoms with van der Waals surface area (Å²) in [5, 5.41) is 2.91. The maximum Gasteiger partial charge on any atom is 0.324 e. The van der Waals surface area contributed by atoms with Gasteiger partial charge in [0, 0.05) is 11.6 Å². The van der Waals surface area contributed by atoms with Crippen LogP contribution in [0.2, 0.25) is 5.02 Å². The van der Waals surface area contributed by atoms with E-state index in [0.717, 1.165) is 6.42 Å². The average molecular weight is 419 g/mol. The van der Waals surface area contributed by atoms with E-state index in [1.807, 2.05) is 13.8 Å². The molecule has 1 rings (SSSR count). The van der Waals surface area contributed by atoms with E-state index < -0.39 is 34.5 Å². The van der Waals surface area contributed by atoms with E-state index in [-0.39, 0.29) is 15.8 Å². The second-order valence-corrected chi connectivity index (χ2v) is 9.09. The lowest BCUT2D eigenvalue weighted by atomic mass is 10.1. The van der Waals surface area contributed by atoms with Gasteiger partial charge >= 0.3 is 5.97 Å². The zero-order valence-electron chi connectivity index (χ0n) is 16.0. The highest BCUT2D eigenvalue weighted by Crippen LogP contribution is 2.17. The van der Waals surface area contributed by atoms with Crippen LogP contribution in [0.1, 0.15) is 34.1 Å². The third-order valence-electron chi connectivity index (χ3n) is 3.70. The van der Waals surface area contributed by atoms with Crippen LogP contribution in [0.4, 0.5) is 0 Å². The topological polar surface area (TPSA) is 102 Å². The molecule has 1 atom stereocenters. The van der Waals surface area contributed by atoms with Crippen molar-refractivity contribution < 1.29 is 22.7 Å². The maximum absolute atomic E-state index is 12.5. The Balaban J connectivity index is 2.69. The van der Waals surface area contributed by atoms with Crippen LogP contribution in [-0.2, 0) is 24.3 Å². The van der Waals surface area contributed by atoms with Gasteiger partial charge in [-0.15, -0.1) is 0 Å². The number of hydrogen-bond acceptors (Lipinski definition) is 5. The highest BCUT2D eigenvalue weighted by Gasteiger charge is 2.30. The molecule has 0 aliphatic rings. The van der Waals surface area contributed by atoms with Crippen molar-refractivity contribution in [2.45, 2.75) is 45.1 Å². The van der Waals surface area contributed by atoms with Crippen LogP contribution in [0.25, 0.3) is 0 Å². The van der Waals surface area contributed by atoms with E-state index in [4.69, 9.17) is 16.3 Å². The molecule has 0 saturated heterocycles. The second-order valence-electron chi connectivity index (χ2n) is 6.94. The van der Waals surface area contributed by atoms with Crippen molar-refractivity contribution in [1.82, 2.24) is 10.0 Å². The molecular weight excluding hydrogens is 392 g/mol. The molecule has 0 radical (unpaired) electrons. The molecule has 9 heteroatoms. The summed E-state index contributed by atoms with van der Waals surface area (Å²) in [6, 6.07) is 4.58. The minimum absolute atomic E-state index is 0.0557. The van der Waals surface area contributed by atoms with E-state index in [0.29, 0.717) is 12.5 Å². The SMILES string of the molecule is CC(C)CCNC(=O)COC(=O)[C@@H](NS(=O)(=O)c1cccc(Cl)c1)C(C)C. The molecule has 0 unspecified atom stereocenters.